The van der Waals surface area contributed by atoms with E-state index in [2.05, 4.69) is 13.0 Å². The molecule has 0 saturated heterocycles. The number of hydrogen-bond acceptors (Lipinski definition) is 1. The third kappa shape index (κ3) is 1.42. The molecule has 0 aromatic heterocycles. The summed E-state index contributed by atoms with van der Waals surface area (Å²) in [6, 6.07) is 0. The molecule has 0 unspecified atom stereocenters. The SMILES string of the molecule is CCC1=[C]([Zr])CC=C1OC. The Labute approximate surface area is 77.0 Å². The van der Waals surface area contributed by atoms with Gasteiger partial charge in [-0.1, -0.05) is 0 Å². The first-order valence-electron chi connectivity index (χ1n) is 3.47. The molecule has 0 radical (unpaired) electrons. The van der Waals surface area contributed by atoms with Crippen molar-refractivity contribution in [1.82, 2.24) is 0 Å². The second kappa shape index (κ2) is 3.52. The Balaban J connectivity index is 2.79. The van der Waals surface area contributed by atoms with E-state index in [1.807, 2.05) is 0 Å². The minimum absolute atomic E-state index is 1.11. The van der Waals surface area contributed by atoms with Crippen molar-refractivity contribution in [1.29, 1.82) is 0 Å². The van der Waals surface area contributed by atoms with Crippen LogP contribution in [0.3, 0.4) is 0 Å². The van der Waals surface area contributed by atoms with Crippen molar-refractivity contribution in [3.63, 3.8) is 0 Å². The summed E-state index contributed by atoms with van der Waals surface area (Å²) < 4.78 is 6.75. The summed E-state index contributed by atoms with van der Waals surface area (Å²) in [5.41, 5.74) is 1.43. The van der Waals surface area contributed by atoms with Gasteiger partial charge in [0.2, 0.25) is 0 Å². The monoisotopic (exact) mass is 213 g/mol. The van der Waals surface area contributed by atoms with Crippen LogP contribution in [0.25, 0.3) is 0 Å². The summed E-state index contributed by atoms with van der Waals surface area (Å²) in [5, 5.41) is 0. The van der Waals surface area contributed by atoms with Crippen LogP contribution < -0.4 is 0 Å². The van der Waals surface area contributed by atoms with Crippen LogP contribution in [0.15, 0.2) is 20.7 Å². The zero-order valence-corrected chi connectivity index (χ0v) is 8.86. The Morgan fingerprint density at radius 1 is 1.70 bits per heavy atom. The van der Waals surface area contributed by atoms with Gasteiger partial charge < -0.3 is 0 Å². The number of rotatable bonds is 2. The zero-order valence-electron chi connectivity index (χ0n) is 6.40. The minimum atomic E-state index is 1.11. The van der Waals surface area contributed by atoms with Gasteiger partial charge in [-0.15, -0.1) is 0 Å². The van der Waals surface area contributed by atoms with Gasteiger partial charge in [-0.05, 0) is 0 Å². The van der Waals surface area contributed by atoms with Crippen LogP contribution in [0.5, 0.6) is 0 Å². The molecule has 0 bridgehead atoms. The van der Waals surface area contributed by atoms with Gasteiger partial charge in [0.25, 0.3) is 0 Å². The number of allylic oxidation sites excluding steroid dienone is 3. The zero-order chi connectivity index (χ0) is 7.56. The summed E-state index contributed by atoms with van der Waals surface area (Å²) >= 11 is 1.53. The molecule has 0 spiro atoms. The first kappa shape index (κ1) is 8.26. The Morgan fingerprint density at radius 2 is 2.40 bits per heavy atom. The third-order valence-electron chi connectivity index (χ3n) is 1.73. The molecule has 1 aliphatic carbocycles. The standard InChI is InChI=1S/C8H11O.Zr/c1-3-7-5-4-6-8(7)9-2;/h6H,3-4H2,1-2H3;. The summed E-state index contributed by atoms with van der Waals surface area (Å²) in [4.78, 5) is 0. The van der Waals surface area contributed by atoms with Gasteiger partial charge in [-0.2, -0.15) is 0 Å². The molecule has 53 valence electrons. The molecule has 1 rings (SSSR count). The Morgan fingerprint density at radius 3 is 2.80 bits per heavy atom. The normalized spacial score (nSPS) is 17.5. The number of ether oxygens (including phenoxy) is 1. The molecular formula is C8H11OZr. The van der Waals surface area contributed by atoms with E-state index < -0.39 is 0 Å². The van der Waals surface area contributed by atoms with Crippen LogP contribution in [-0.2, 0) is 29.5 Å². The average Bonchev–Trinajstić information content (AvgIpc) is 2.30. The van der Waals surface area contributed by atoms with Crippen molar-refractivity contribution in [2.45, 2.75) is 19.8 Å². The summed E-state index contributed by atoms with van der Waals surface area (Å²) in [6.45, 7) is 2.18. The Kier molecular flexibility index (Phi) is 2.91. The molecule has 0 amide bonds. The van der Waals surface area contributed by atoms with Crippen LogP contribution >= 0.6 is 0 Å². The van der Waals surface area contributed by atoms with E-state index >= 15 is 0 Å². The summed E-state index contributed by atoms with van der Waals surface area (Å²) in [7, 11) is 1.75. The van der Waals surface area contributed by atoms with E-state index in [4.69, 9.17) is 4.74 Å². The number of hydrogen-bond donors (Lipinski definition) is 0. The maximum atomic E-state index is 5.20. The van der Waals surface area contributed by atoms with Crippen LogP contribution in [0, 0.1) is 0 Å². The van der Waals surface area contributed by atoms with E-state index in [1.165, 1.54) is 30.3 Å². The quantitative estimate of drug-likeness (QED) is 0.684. The summed E-state index contributed by atoms with van der Waals surface area (Å²) in [5.74, 6) is 1.11. The molecule has 0 aromatic carbocycles. The fourth-order valence-electron chi connectivity index (χ4n) is 1.18. The fraction of sp³-hybridized carbons (Fsp3) is 0.500. The van der Waals surface area contributed by atoms with Gasteiger partial charge in [0.05, 0.1) is 0 Å². The van der Waals surface area contributed by atoms with E-state index in [-0.39, 0.29) is 0 Å². The van der Waals surface area contributed by atoms with Gasteiger partial charge in [0.1, 0.15) is 0 Å². The number of methoxy groups -OCH3 is 1. The molecule has 0 saturated carbocycles. The molecule has 1 nitrogen and oxygen atoms in total. The molecule has 0 atom stereocenters. The topological polar surface area (TPSA) is 9.23 Å². The van der Waals surface area contributed by atoms with Crippen molar-refractivity contribution in [2.24, 2.45) is 0 Å². The van der Waals surface area contributed by atoms with Gasteiger partial charge >= 0.3 is 77.0 Å². The molecular weight excluding hydrogens is 203 g/mol. The van der Waals surface area contributed by atoms with Crippen LogP contribution in [0.2, 0.25) is 0 Å². The van der Waals surface area contributed by atoms with Crippen molar-refractivity contribution in [2.75, 3.05) is 7.11 Å². The first-order chi connectivity index (χ1) is 4.79. The molecule has 0 heterocycles. The molecule has 10 heavy (non-hydrogen) atoms. The van der Waals surface area contributed by atoms with E-state index in [1.54, 1.807) is 10.4 Å². The van der Waals surface area contributed by atoms with Gasteiger partial charge in [0, 0.05) is 0 Å². The third-order valence-corrected chi connectivity index (χ3v) is 2.97. The van der Waals surface area contributed by atoms with Crippen LogP contribution in [0.1, 0.15) is 19.8 Å². The van der Waals surface area contributed by atoms with Gasteiger partial charge in [-0.25, -0.2) is 0 Å². The Hall–Kier alpha value is 0.163. The van der Waals surface area contributed by atoms with E-state index in [9.17, 15) is 0 Å². The predicted octanol–water partition coefficient (Wildman–Crippen LogP) is 2.13. The molecule has 0 fully saturated rings. The second-order valence-electron chi connectivity index (χ2n) is 2.29. The van der Waals surface area contributed by atoms with Gasteiger partial charge in [0.15, 0.2) is 0 Å². The van der Waals surface area contributed by atoms with Gasteiger partial charge in [-0.3, -0.25) is 0 Å². The molecule has 1 aliphatic rings. The van der Waals surface area contributed by atoms with E-state index in [0.29, 0.717) is 0 Å². The second-order valence-corrected chi connectivity index (χ2v) is 3.77. The molecule has 0 N–H and O–H groups in total. The van der Waals surface area contributed by atoms with Crippen molar-refractivity contribution >= 4 is 0 Å². The van der Waals surface area contributed by atoms with Crippen molar-refractivity contribution in [3.8, 4) is 0 Å². The van der Waals surface area contributed by atoms with Crippen molar-refractivity contribution in [3.05, 3.63) is 20.7 Å². The fourth-order valence-corrected chi connectivity index (χ4v) is 2.17. The predicted molar refractivity (Wildman–Crippen MR) is 37.0 cm³/mol. The average molecular weight is 214 g/mol. The van der Waals surface area contributed by atoms with Crippen LogP contribution in [-0.4, -0.2) is 7.11 Å². The molecule has 0 aliphatic heterocycles. The Bertz CT molecular complexity index is 191. The first-order valence-corrected chi connectivity index (χ1v) is 4.70. The van der Waals surface area contributed by atoms with E-state index in [0.717, 1.165) is 18.6 Å². The molecule has 0 aromatic rings. The summed E-state index contributed by atoms with van der Waals surface area (Å²) in [6.07, 6.45) is 4.40. The van der Waals surface area contributed by atoms with Crippen LogP contribution in [0.4, 0.5) is 0 Å². The molecule has 2 heteroatoms. The maximum absolute atomic E-state index is 5.20. The van der Waals surface area contributed by atoms with Crippen molar-refractivity contribution < 1.29 is 29.5 Å².